The highest BCUT2D eigenvalue weighted by molar-refractivity contribution is 7.89. The largest absolute Gasteiger partial charge is 0.392 e. The molecule has 6 heteroatoms. The van der Waals surface area contributed by atoms with Gasteiger partial charge in [-0.25, -0.2) is 12.8 Å². The van der Waals surface area contributed by atoms with Crippen LogP contribution in [0.25, 0.3) is 0 Å². The van der Waals surface area contributed by atoms with Gasteiger partial charge in [0, 0.05) is 6.54 Å². The Hall–Kier alpha value is -1.42. The van der Waals surface area contributed by atoms with Crippen LogP contribution in [-0.4, -0.2) is 30.9 Å². The van der Waals surface area contributed by atoms with E-state index in [2.05, 4.69) is 5.92 Å². The average molecular weight is 271 g/mol. The van der Waals surface area contributed by atoms with Crippen LogP contribution in [0.3, 0.4) is 0 Å². The van der Waals surface area contributed by atoms with E-state index in [1.165, 1.54) is 6.07 Å². The molecule has 0 aromatic heterocycles. The quantitative estimate of drug-likeness (QED) is 0.812. The van der Waals surface area contributed by atoms with Crippen LogP contribution in [-0.2, 0) is 16.6 Å². The fourth-order valence-electron chi connectivity index (χ4n) is 1.46. The van der Waals surface area contributed by atoms with Gasteiger partial charge in [-0.1, -0.05) is 18.9 Å². The van der Waals surface area contributed by atoms with E-state index < -0.39 is 20.7 Å². The molecule has 0 bridgehead atoms. The summed E-state index contributed by atoms with van der Waals surface area (Å²) in [6.45, 7) is 1.32. The summed E-state index contributed by atoms with van der Waals surface area (Å²) in [5.41, 5.74) is 0.312. The fourth-order valence-corrected chi connectivity index (χ4v) is 2.87. The van der Waals surface area contributed by atoms with Crippen molar-refractivity contribution in [3.63, 3.8) is 0 Å². The summed E-state index contributed by atoms with van der Waals surface area (Å²) in [7, 11) is -3.93. The number of rotatable bonds is 5. The average Bonchev–Trinajstić information content (AvgIpc) is 2.35. The van der Waals surface area contributed by atoms with Crippen LogP contribution in [0, 0.1) is 18.2 Å². The molecule has 18 heavy (non-hydrogen) atoms. The van der Waals surface area contributed by atoms with Crippen LogP contribution in [0.2, 0.25) is 0 Å². The molecule has 0 heterocycles. The highest BCUT2D eigenvalue weighted by Gasteiger charge is 2.25. The third-order valence-electron chi connectivity index (χ3n) is 2.42. The lowest BCUT2D eigenvalue weighted by Crippen LogP contribution is -2.31. The van der Waals surface area contributed by atoms with Crippen molar-refractivity contribution in [2.45, 2.75) is 18.4 Å². The first-order chi connectivity index (χ1) is 8.47. The molecule has 98 valence electrons. The van der Waals surface area contributed by atoms with E-state index in [-0.39, 0.29) is 19.7 Å². The Morgan fingerprint density at radius 1 is 1.50 bits per heavy atom. The van der Waals surface area contributed by atoms with E-state index >= 15 is 0 Å². The number of halogens is 1. The first-order valence-corrected chi connectivity index (χ1v) is 6.74. The summed E-state index contributed by atoms with van der Waals surface area (Å²) in [6.07, 6.45) is 5.08. The normalized spacial score (nSPS) is 11.5. The van der Waals surface area contributed by atoms with E-state index in [1.807, 2.05) is 0 Å². The maximum absolute atomic E-state index is 13.7. The molecule has 0 aliphatic rings. The summed E-state index contributed by atoms with van der Waals surface area (Å²) >= 11 is 0. The molecule has 0 saturated heterocycles. The van der Waals surface area contributed by atoms with Crippen molar-refractivity contribution in [3.8, 4) is 12.3 Å². The smallest absolute Gasteiger partial charge is 0.246 e. The zero-order valence-corrected chi connectivity index (χ0v) is 10.7. The van der Waals surface area contributed by atoms with Gasteiger partial charge in [-0.2, -0.15) is 4.31 Å². The molecule has 0 aliphatic carbocycles. The molecule has 0 radical (unpaired) electrons. The molecule has 1 N–H and O–H groups in total. The second-order valence-corrected chi connectivity index (χ2v) is 5.46. The van der Waals surface area contributed by atoms with Crippen molar-refractivity contribution in [1.82, 2.24) is 4.31 Å². The highest BCUT2D eigenvalue weighted by atomic mass is 32.2. The number of aliphatic hydroxyl groups is 1. The first kappa shape index (κ1) is 14.6. The van der Waals surface area contributed by atoms with Crippen molar-refractivity contribution >= 4 is 10.0 Å². The second kappa shape index (κ2) is 5.96. The van der Waals surface area contributed by atoms with Gasteiger partial charge in [0.2, 0.25) is 10.0 Å². The minimum atomic E-state index is -3.93. The van der Waals surface area contributed by atoms with E-state index in [4.69, 9.17) is 11.5 Å². The van der Waals surface area contributed by atoms with E-state index in [9.17, 15) is 12.8 Å². The summed E-state index contributed by atoms with van der Waals surface area (Å²) in [5.74, 6) is 1.33. The molecule has 0 spiro atoms. The lowest BCUT2D eigenvalue weighted by molar-refractivity contribution is 0.281. The first-order valence-electron chi connectivity index (χ1n) is 5.30. The molecule has 0 atom stereocenters. The number of hydrogen-bond acceptors (Lipinski definition) is 3. The van der Waals surface area contributed by atoms with Gasteiger partial charge in [-0.3, -0.25) is 0 Å². The fraction of sp³-hybridized carbons (Fsp3) is 0.333. The van der Waals surface area contributed by atoms with Gasteiger partial charge in [-0.15, -0.1) is 6.42 Å². The van der Waals surface area contributed by atoms with Gasteiger partial charge >= 0.3 is 0 Å². The third-order valence-corrected chi connectivity index (χ3v) is 4.37. The minimum absolute atomic E-state index is 0.111. The maximum atomic E-state index is 13.7. The van der Waals surface area contributed by atoms with Gasteiger partial charge in [0.25, 0.3) is 0 Å². The Morgan fingerprint density at radius 2 is 2.17 bits per heavy atom. The molecule has 1 aromatic rings. The number of sulfonamides is 1. The molecule has 1 rings (SSSR count). The minimum Gasteiger partial charge on any atom is -0.392 e. The summed E-state index contributed by atoms with van der Waals surface area (Å²) in [5, 5.41) is 8.84. The maximum Gasteiger partial charge on any atom is 0.246 e. The molecule has 0 aliphatic heterocycles. The van der Waals surface area contributed by atoms with Crippen molar-refractivity contribution in [1.29, 1.82) is 0 Å². The zero-order valence-electron chi connectivity index (χ0n) is 9.93. The van der Waals surface area contributed by atoms with Crippen LogP contribution in [0.15, 0.2) is 23.1 Å². The molecule has 0 fully saturated rings. The molecular weight excluding hydrogens is 257 g/mol. The highest BCUT2D eigenvalue weighted by Crippen LogP contribution is 2.20. The summed E-state index contributed by atoms with van der Waals surface area (Å²) < 4.78 is 38.9. The van der Waals surface area contributed by atoms with Crippen LogP contribution in [0.5, 0.6) is 0 Å². The number of benzene rings is 1. The molecule has 0 saturated carbocycles. The van der Waals surface area contributed by atoms with Crippen LogP contribution in [0.4, 0.5) is 4.39 Å². The SMILES string of the molecule is C#CCN(CC)S(=O)(=O)c1ccc(CO)cc1F. The van der Waals surface area contributed by atoms with Crippen molar-refractivity contribution in [3.05, 3.63) is 29.6 Å². The number of aliphatic hydroxyl groups excluding tert-OH is 1. The molecular formula is C12H14FNO3S. The molecule has 1 aromatic carbocycles. The van der Waals surface area contributed by atoms with Gasteiger partial charge in [-0.05, 0) is 17.7 Å². The number of hydrogen-bond donors (Lipinski definition) is 1. The summed E-state index contributed by atoms with van der Waals surface area (Å²) in [6, 6.07) is 3.49. The predicted octanol–water partition coefficient (Wildman–Crippen LogP) is 0.962. The lowest BCUT2D eigenvalue weighted by atomic mass is 10.2. The van der Waals surface area contributed by atoms with Gasteiger partial charge in [0.1, 0.15) is 10.7 Å². The topological polar surface area (TPSA) is 57.6 Å². The standard InChI is InChI=1S/C12H14FNO3S/c1-3-7-14(4-2)18(16,17)12-6-5-10(9-15)8-11(12)13/h1,5-6,8,15H,4,7,9H2,2H3. The number of nitrogens with zero attached hydrogens (tertiary/aromatic N) is 1. The molecule has 0 amide bonds. The van der Waals surface area contributed by atoms with Crippen molar-refractivity contribution < 1.29 is 17.9 Å². The molecule has 4 nitrogen and oxygen atoms in total. The van der Waals surface area contributed by atoms with Gasteiger partial charge < -0.3 is 5.11 Å². The van der Waals surface area contributed by atoms with Crippen LogP contribution >= 0.6 is 0 Å². The van der Waals surface area contributed by atoms with Crippen molar-refractivity contribution in [2.75, 3.05) is 13.1 Å². The zero-order chi connectivity index (χ0) is 13.8. The Labute approximate surface area is 106 Å². The van der Waals surface area contributed by atoms with E-state index in [0.717, 1.165) is 16.4 Å². The lowest BCUT2D eigenvalue weighted by Gasteiger charge is -2.18. The predicted molar refractivity (Wildman–Crippen MR) is 65.6 cm³/mol. The Kier molecular flexibility index (Phi) is 4.84. The van der Waals surface area contributed by atoms with Crippen LogP contribution in [0.1, 0.15) is 12.5 Å². The number of terminal acetylenes is 1. The Balaban J connectivity index is 3.24. The Bertz CT molecular complexity index is 563. The van der Waals surface area contributed by atoms with Gasteiger partial charge in [0.05, 0.1) is 13.2 Å². The molecule has 0 unspecified atom stereocenters. The van der Waals surface area contributed by atoms with Crippen molar-refractivity contribution in [2.24, 2.45) is 0 Å². The van der Waals surface area contributed by atoms with Crippen LogP contribution < -0.4 is 0 Å². The summed E-state index contributed by atoms with van der Waals surface area (Å²) in [4.78, 5) is -0.434. The van der Waals surface area contributed by atoms with E-state index in [0.29, 0.717) is 5.56 Å². The third kappa shape index (κ3) is 2.88. The second-order valence-electron chi connectivity index (χ2n) is 3.56. The Morgan fingerprint density at radius 3 is 2.61 bits per heavy atom. The van der Waals surface area contributed by atoms with Gasteiger partial charge in [0.15, 0.2) is 0 Å². The van der Waals surface area contributed by atoms with E-state index in [1.54, 1.807) is 6.92 Å². The monoisotopic (exact) mass is 271 g/mol.